The monoisotopic (exact) mass is 476 g/mol. The average Bonchev–Trinajstić information content (AvgIpc) is 2.83. The minimum absolute atomic E-state index is 0.0344. The third-order valence-electron chi connectivity index (χ3n) is 5.36. The van der Waals surface area contributed by atoms with E-state index < -0.39 is 0 Å². The number of methoxy groups -OCH3 is 1. The van der Waals surface area contributed by atoms with E-state index in [4.69, 9.17) is 21.1 Å². The molecule has 1 aliphatic rings. The number of amides is 1. The lowest BCUT2D eigenvalue weighted by Crippen LogP contribution is -2.47. The zero-order valence-corrected chi connectivity index (χ0v) is 20.1. The van der Waals surface area contributed by atoms with Crippen molar-refractivity contribution in [3.63, 3.8) is 0 Å². The second kappa shape index (κ2) is 13.2. The number of carbonyl (C=O) groups is 1. The lowest BCUT2D eigenvalue weighted by molar-refractivity contribution is 0.0658. The van der Waals surface area contributed by atoms with Crippen molar-refractivity contribution in [1.29, 1.82) is 0 Å². The fourth-order valence-corrected chi connectivity index (χ4v) is 3.58. The molecule has 2 heterocycles. The van der Waals surface area contributed by atoms with Crippen LogP contribution in [0.4, 0.5) is 5.95 Å². The van der Waals surface area contributed by atoms with Gasteiger partial charge in [-0.2, -0.15) is 0 Å². The van der Waals surface area contributed by atoms with Crippen LogP contribution in [0.1, 0.15) is 23.3 Å². The van der Waals surface area contributed by atoms with Crippen LogP contribution >= 0.6 is 11.6 Å². The normalized spacial score (nSPS) is 14.2. The highest BCUT2D eigenvalue weighted by molar-refractivity contribution is 6.30. The number of carbonyl (C=O) groups excluding carboxylic acids is 1. The molecule has 0 aliphatic carbocycles. The Morgan fingerprint density at radius 1 is 1.09 bits per heavy atom. The first-order valence-corrected chi connectivity index (χ1v) is 11.7. The summed E-state index contributed by atoms with van der Waals surface area (Å²) < 4.78 is 11.0. The number of piperazine rings is 1. The Balaban J connectivity index is 1.28. The molecule has 3 rings (SSSR count). The number of rotatable bonds is 12. The van der Waals surface area contributed by atoms with Crippen LogP contribution < -0.4 is 20.1 Å². The standard InChI is InChI=1S/C23H33ClN6O3/c1-29-12-14-30(15-13-29)22(31)19-7-11-27-23(28-19)26-10-3-8-25-9-4-16-33-21-17-18(24)5-6-20(21)32-2/h5-7,11,17,25H,3-4,8-10,12-16H2,1-2H3,(H,26,27,28). The summed E-state index contributed by atoms with van der Waals surface area (Å²) in [5.74, 6) is 1.78. The average molecular weight is 477 g/mol. The van der Waals surface area contributed by atoms with Gasteiger partial charge in [0.1, 0.15) is 5.69 Å². The molecule has 0 bridgehead atoms. The number of likely N-dealkylation sites (N-methyl/N-ethyl adjacent to an activating group) is 1. The Morgan fingerprint density at radius 3 is 2.67 bits per heavy atom. The summed E-state index contributed by atoms with van der Waals surface area (Å²) in [6, 6.07) is 7.00. The van der Waals surface area contributed by atoms with Crippen molar-refractivity contribution in [2.75, 3.05) is 71.9 Å². The lowest BCUT2D eigenvalue weighted by atomic mass is 10.3. The summed E-state index contributed by atoms with van der Waals surface area (Å²) in [4.78, 5) is 25.3. The van der Waals surface area contributed by atoms with Gasteiger partial charge in [0, 0.05) is 50.0 Å². The number of hydrogen-bond acceptors (Lipinski definition) is 8. The predicted molar refractivity (Wildman–Crippen MR) is 130 cm³/mol. The van der Waals surface area contributed by atoms with Crippen molar-refractivity contribution in [2.45, 2.75) is 12.8 Å². The van der Waals surface area contributed by atoms with E-state index in [1.54, 1.807) is 37.6 Å². The van der Waals surface area contributed by atoms with Gasteiger partial charge in [-0.05, 0) is 51.2 Å². The molecular weight excluding hydrogens is 444 g/mol. The number of halogens is 1. The molecule has 0 unspecified atom stereocenters. The molecule has 0 saturated carbocycles. The van der Waals surface area contributed by atoms with Crippen molar-refractivity contribution >= 4 is 23.5 Å². The maximum absolute atomic E-state index is 12.7. The molecule has 0 atom stereocenters. The molecule has 1 amide bonds. The highest BCUT2D eigenvalue weighted by Crippen LogP contribution is 2.29. The number of benzene rings is 1. The third kappa shape index (κ3) is 8.03. The number of nitrogens with one attached hydrogen (secondary N) is 2. The number of aromatic nitrogens is 2. The second-order valence-corrected chi connectivity index (χ2v) is 8.32. The quantitative estimate of drug-likeness (QED) is 0.451. The summed E-state index contributed by atoms with van der Waals surface area (Å²) in [6.07, 6.45) is 3.40. The summed E-state index contributed by atoms with van der Waals surface area (Å²) >= 11 is 6.01. The van der Waals surface area contributed by atoms with Crippen molar-refractivity contribution < 1.29 is 14.3 Å². The summed E-state index contributed by atoms with van der Waals surface area (Å²) in [6.45, 7) is 6.21. The first-order chi connectivity index (χ1) is 16.1. The van der Waals surface area contributed by atoms with Gasteiger partial charge in [0.2, 0.25) is 5.95 Å². The molecule has 10 heteroatoms. The van der Waals surface area contributed by atoms with Gasteiger partial charge in [-0.25, -0.2) is 9.97 Å². The van der Waals surface area contributed by atoms with E-state index in [0.717, 1.165) is 58.7 Å². The smallest absolute Gasteiger partial charge is 0.272 e. The van der Waals surface area contributed by atoms with Crippen molar-refractivity contribution in [3.8, 4) is 11.5 Å². The molecule has 2 aromatic rings. The minimum Gasteiger partial charge on any atom is -0.493 e. The Morgan fingerprint density at radius 2 is 1.88 bits per heavy atom. The van der Waals surface area contributed by atoms with Gasteiger partial charge in [0.05, 0.1) is 13.7 Å². The number of nitrogens with zero attached hydrogens (tertiary/aromatic N) is 4. The SMILES string of the molecule is COc1ccc(Cl)cc1OCCCNCCCNc1nccc(C(=O)N2CCN(C)CC2)n1. The fourth-order valence-electron chi connectivity index (χ4n) is 3.42. The maximum atomic E-state index is 12.7. The van der Waals surface area contributed by atoms with E-state index in [0.29, 0.717) is 34.8 Å². The summed E-state index contributed by atoms with van der Waals surface area (Å²) in [5, 5.41) is 7.21. The molecule has 1 saturated heterocycles. The molecule has 1 aromatic carbocycles. The number of anilines is 1. The summed E-state index contributed by atoms with van der Waals surface area (Å²) in [7, 11) is 3.67. The maximum Gasteiger partial charge on any atom is 0.272 e. The Hall–Kier alpha value is -2.62. The van der Waals surface area contributed by atoms with Crippen LogP contribution in [0.5, 0.6) is 11.5 Å². The second-order valence-electron chi connectivity index (χ2n) is 7.89. The predicted octanol–water partition coefficient (Wildman–Crippen LogP) is 2.39. The van der Waals surface area contributed by atoms with Gasteiger partial charge >= 0.3 is 0 Å². The number of ether oxygens (including phenoxy) is 2. The van der Waals surface area contributed by atoms with Gasteiger partial charge < -0.3 is 29.9 Å². The molecule has 1 fully saturated rings. The molecular formula is C23H33ClN6O3. The zero-order valence-electron chi connectivity index (χ0n) is 19.3. The van der Waals surface area contributed by atoms with E-state index in [9.17, 15) is 4.79 Å². The van der Waals surface area contributed by atoms with E-state index >= 15 is 0 Å². The molecule has 1 aromatic heterocycles. The van der Waals surface area contributed by atoms with Gasteiger partial charge in [0.25, 0.3) is 5.91 Å². The van der Waals surface area contributed by atoms with Crippen LogP contribution in [0.15, 0.2) is 30.5 Å². The van der Waals surface area contributed by atoms with Gasteiger partial charge in [0.15, 0.2) is 11.5 Å². The van der Waals surface area contributed by atoms with Crippen LogP contribution in [0, 0.1) is 0 Å². The zero-order chi connectivity index (χ0) is 23.5. The van der Waals surface area contributed by atoms with Crippen molar-refractivity contribution in [1.82, 2.24) is 25.1 Å². The van der Waals surface area contributed by atoms with Crippen LogP contribution in [0.25, 0.3) is 0 Å². The largest absolute Gasteiger partial charge is 0.493 e. The first kappa shape index (κ1) is 25.0. The summed E-state index contributed by atoms with van der Waals surface area (Å²) in [5.41, 5.74) is 0.437. The Kier molecular flexibility index (Phi) is 9.99. The van der Waals surface area contributed by atoms with Crippen LogP contribution in [0.2, 0.25) is 5.02 Å². The Labute approximate surface area is 200 Å². The first-order valence-electron chi connectivity index (χ1n) is 11.3. The van der Waals surface area contributed by atoms with E-state index in [1.165, 1.54) is 0 Å². The van der Waals surface area contributed by atoms with Crippen LogP contribution in [0.3, 0.4) is 0 Å². The molecule has 9 nitrogen and oxygen atoms in total. The minimum atomic E-state index is -0.0344. The van der Waals surface area contributed by atoms with Gasteiger partial charge in [-0.1, -0.05) is 11.6 Å². The van der Waals surface area contributed by atoms with Crippen molar-refractivity contribution in [3.05, 3.63) is 41.2 Å². The molecule has 180 valence electrons. The molecule has 2 N–H and O–H groups in total. The van der Waals surface area contributed by atoms with E-state index in [1.807, 2.05) is 4.90 Å². The molecule has 33 heavy (non-hydrogen) atoms. The fraction of sp³-hybridized carbons (Fsp3) is 0.522. The number of hydrogen-bond donors (Lipinski definition) is 2. The van der Waals surface area contributed by atoms with Crippen LogP contribution in [-0.4, -0.2) is 92.3 Å². The topological polar surface area (TPSA) is 91.8 Å². The third-order valence-corrected chi connectivity index (χ3v) is 5.59. The van der Waals surface area contributed by atoms with Crippen molar-refractivity contribution in [2.24, 2.45) is 0 Å². The van der Waals surface area contributed by atoms with E-state index in [2.05, 4.69) is 32.5 Å². The van der Waals surface area contributed by atoms with Gasteiger partial charge in [-0.3, -0.25) is 4.79 Å². The van der Waals surface area contributed by atoms with Gasteiger partial charge in [-0.15, -0.1) is 0 Å². The molecule has 0 spiro atoms. The molecule has 0 radical (unpaired) electrons. The highest BCUT2D eigenvalue weighted by Gasteiger charge is 2.21. The van der Waals surface area contributed by atoms with E-state index in [-0.39, 0.29) is 5.91 Å². The molecule has 1 aliphatic heterocycles. The lowest BCUT2D eigenvalue weighted by Gasteiger charge is -2.32. The Bertz CT molecular complexity index is 892. The van der Waals surface area contributed by atoms with Crippen LogP contribution in [-0.2, 0) is 0 Å². The highest BCUT2D eigenvalue weighted by atomic mass is 35.5.